The summed E-state index contributed by atoms with van der Waals surface area (Å²) in [5.41, 5.74) is 5.14. The van der Waals surface area contributed by atoms with E-state index in [4.69, 9.17) is 4.99 Å². The lowest BCUT2D eigenvalue weighted by molar-refractivity contribution is 0.272. The van der Waals surface area contributed by atoms with Gasteiger partial charge in [0.05, 0.1) is 0 Å². The molecule has 0 unspecified atom stereocenters. The summed E-state index contributed by atoms with van der Waals surface area (Å²) in [7, 11) is 0. The normalized spacial score (nSPS) is 14.8. The zero-order valence-electron chi connectivity index (χ0n) is 21.0. The molecule has 4 rings (SSSR count). The SMILES string of the molecule is Cc1ccc(SC(=Nc2cc(C)ccc2O)N(Cc2cccc(O)c2)CC2CCCCC2)c(C)c1. The molecule has 0 aliphatic heterocycles. The molecule has 4 nitrogen and oxygen atoms in total. The van der Waals surface area contributed by atoms with E-state index in [1.807, 2.05) is 31.2 Å². The summed E-state index contributed by atoms with van der Waals surface area (Å²) in [6.07, 6.45) is 6.33. The number of amidine groups is 1. The van der Waals surface area contributed by atoms with Crippen molar-refractivity contribution in [2.75, 3.05) is 6.54 Å². The van der Waals surface area contributed by atoms with Gasteiger partial charge in [-0.15, -0.1) is 0 Å². The molecule has 0 saturated heterocycles. The van der Waals surface area contributed by atoms with Crippen molar-refractivity contribution in [3.8, 4) is 11.5 Å². The van der Waals surface area contributed by atoms with Crippen molar-refractivity contribution < 1.29 is 10.2 Å². The van der Waals surface area contributed by atoms with Crippen LogP contribution in [0.3, 0.4) is 0 Å². The van der Waals surface area contributed by atoms with Crippen molar-refractivity contribution in [2.24, 2.45) is 10.9 Å². The van der Waals surface area contributed by atoms with Gasteiger partial charge in [-0.1, -0.05) is 66.9 Å². The number of nitrogens with zero attached hydrogens (tertiary/aromatic N) is 2. The van der Waals surface area contributed by atoms with Gasteiger partial charge in [0.1, 0.15) is 17.2 Å². The molecule has 0 heterocycles. The van der Waals surface area contributed by atoms with Crippen LogP contribution < -0.4 is 0 Å². The van der Waals surface area contributed by atoms with E-state index in [-0.39, 0.29) is 11.5 Å². The highest BCUT2D eigenvalue weighted by Gasteiger charge is 2.22. The summed E-state index contributed by atoms with van der Waals surface area (Å²) in [4.78, 5) is 8.56. The van der Waals surface area contributed by atoms with Gasteiger partial charge in [-0.25, -0.2) is 4.99 Å². The van der Waals surface area contributed by atoms with E-state index in [2.05, 4.69) is 43.0 Å². The lowest BCUT2D eigenvalue weighted by atomic mass is 9.89. The zero-order valence-corrected chi connectivity index (χ0v) is 21.8. The van der Waals surface area contributed by atoms with E-state index < -0.39 is 0 Å². The third kappa shape index (κ3) is 7.04. The summed E-state index contributed by atoms with van der Waals surface area (Å²) < 4.78 is 0. The molecule has 35 heavy (non-hydrogen) atoms. The van der Waals surface area contributed by atoms with Crippen molar-refractivity contribution >= 4 is 22.6 Å². The van der Waals surface area contributed by atoms with Crippen LogP contribution in [0.2, 0.25) is 0 Å². The van der Waals surface area contributed by atoms with E-state index in [0.29, 0.717) is 18.2 Å². The van der Waals surface area contributed by atoms with Gasteiger partial charge < -0.3 is 15.1 Å². The molecule has 0 spiro atoms. The topological polar surface area (TPSA) is 56.1 Å². The standard InChI is InChI=1S/C30H36N2O2S/c1-21-13-15-29(23(3)16-21)35-30(31-27-17-22(2)12-14-28(27)34)32(19-24-8-5-4-6-9-24)20-25-10-7-11-26(33)18-25/h7,10-18,24,33-34H,4-6,8-9,19-20H2,1-3H3. The number of aromatic hydroxyl groups is 2. The summed E-state index contributed by atoms with van der Waals surface area (Å²) >= 11 is 1.66. The van der Waals surface area contributed by atoms with E-state index in [9.17, 15) is 10.2 Å². The van der Waals surface area contributed by atoms with Crippen molar-refractivity contribution in [3.63, 3.8) is 0 Å². The molecule has 1 saturated carbocycles. The highest BCUT2D eigenvalue weighted by molar-refractivity contribution is 8.13. The molecule has 1 fully saturated rings. The van der Waals surface area contributed by atoms with Crippen molar-refractivity contribution in [1.29, 1.82) is 0 Å². The Morgan fingerprint density at radius 2 is 1.66 bits per heavy atom. The van der Waals surface area contributed by atoms with Gasteiger partial charge >= 0.3 is 0 Å². The first kappa shape index (κ1) is 25.2. The predicted octanol–water partition coefficient (Wildman–Crippen LogP) is 7.89. The molecule has 3 aromatic rings. The largest absolute Gasteiger partial charge is 0.508 e. The quantitative estimate of drug-likeness (QED) is 0.210. The lowest BCUT2D eigenvalue weighted by Crippen LogP contribution is -2.34. The molecule has 1 aliphatic carbocycles. The third-order valence-electron chi connectivity index (χ3n) is 6.64. The van der Waals surface area contributed by atoms with Crippen LogP contribution in [0.15, 0.2) is 70.6 Å². The summed E-state index contributed by atoms with van der Waals surface area (Å²) in [5, 5.41) is 21.6. The number of phenols is 2. The first-order valence-electron chi connectivity index (χ1n) is 12.5. The average molecular weight is 489 g/mol. The maximum absolute atomic E-state index is 10.6. The van der Waals surface area contributed by atoms with Crippen LogP contribution >= 0.6 is 11.8 Å². The molecule has 2 N–H and O–H groups in total. The Hall–Kier alpha value is -2.92. The molecule has 1 aliphatic rings. The molecule has 3 aromatic carbocycles. The number of hydrogen-bond acceptors (Lipinski definition) is 4. The van der Waals surface area contributed by atoms with E-state index in [1.165, 1.54) is 43.2 Å². The molecular weight excluding hydrogens is 452 g/mol. The molecule has 0 amide bonds. The summed E-state index contributed by atoms with van der Waals surface area (Å²) in [6, 6.07) is 19.5. The number of aryl methyl sites for hydroxylation is 3. The van der Waals surface area contributed by atoms with Crippen molar-refractivity contribution in [1.82, 2.24) is 4.90 Å². The smallest absolute Gasteiger partial charge is 0.169 e. The molecule has 0 radical (unpaired) electrons. The number of rotatable bonds is 6. The fraction of sp³-hybridized carbons (Fsp3) is 0.367. The van der Waals surface area contributed by atoms with Crippen LogP contribution in [-0.4, -0.2) is 26.8 Å². The molecule has 0 atom stereocenters. The fourth-order valence-corrected chi connectivity index (χ4v) is 5.73. The minimum absolute atomic E-state index is 0.185. The third-order valence-corrected chi connectivity index (χ3v) is 7.85. The second-order valence-corrected chi connectivity index (χ2v) is 10.8. The first-order valence-corrected chi connectivity index (χ1v) is 13.4. The predicted molar refractivity (Wildman–Crippen MR) is 147 cm³/mol. The lowest BCUT2D eigenvalue weighted by Gasteiger charge is -2.32. The van der Waals surface area contributed by atoms with Crippen molar-refractivity contribution in [2.45, 2.75) is 64.3 Å². The molecular formula is C30H36N2O2S. The van der Waals surface area contributed by atoms with Gasteiger partial charge in [-0.2, -0.15) is 0 Å². The number of benzene rings is 3. The molecule has 0 bridgehead atoms. The second-order valence-electron chi connectivity index (χ2n) is 9.81. The monoisotopic (exact) mass is 488 g/mol. The van der Waals surface area contributed by atoms with Crippen LogP contribution in [-0.2, 0) is 6.54 Å². The molecule has 184 valence electrons. The van der Waals surface area contributed by atoms with E-state index in [1.54, 1.807) is 23.9 Å². The Morgan fingerprint density at radius 3 is 2.40 bits per heavy atom. The van der Waals surface area contributed by atoms with Crippen LogP contribution in [0.1, 0.15) is 54.4 Å². The number of hydrogen-bond donors (Lipinski definition) is 2. The first-order chi connectivity index (χ1) is 16.9. The molecule has 0 aromatic heterocycles. The highest BCUT2D eigenvalue weighted by atomic mass is 32.2. The highest BCUT2D eigenvalue weighted by Crippen LogP contribution is 2.34. The Labute approximate surface area is 213 Å². The zero-order chi connectivity index (χ0) is 24.8. The maximum Gasteiger partial charge on any atom is 0.169 e. The Kier molecular flexibility index (Phi) is 8.40. The van der Waals surface area contributed by atoms with Gasteiger partial charge in [0, 0.05) is 18.0 Å². The minimum Gasteiger partial charge on any atom is -0.508 e. The summed E-state index contributed by atoms with van der Waals surface area (Å²) in [5.74, 6) is 1.07. The van der Waals surface area contributed by atoms with Gasteiger partial charge in [0.25, 0.3) is 0 Å². The number of thioether (sulfide) groups is 1. The fourth-order valence-electron chi connectivity index (χ4n) is 4.76. The van der Waals surface area contributed by atoms with Crippen LogP contribution in [0.5, 0.6) is 11.5 Å². The van der Waals surface area contributed by atoms with Crippen molar-refractivity contribution in [3.05, 3.63) is 82.9 Å². The van der Waals surface area contributed by atoms with Gasteiger partial charge in [0.2, 0.25) is 0 Å². The second kappa shape index (κ2) is 11.7. The Balaban J connectivity index is 1.76. The maximum atomic E-state index is 10.6. The van der Waals surface area contributed by atoms with Crippen LogP contribution in [0, 0.1) is 26.7 Å². The van der Waals surface area contributed by atoms with E-state index in [0.717, 1.165) is 27.7 Å². The number of aliphatic imine (C=N–C) groups is 1. The Bertz CT molecular complexity index is 1180. The van der Waals surface area contributed by atoms with Crippen LogP contribution in [0.25, 0.3) is 0 Å². The van der Waals surface area contributed by atoms with Gasteiger partial charge in [0.15, 0.2) is 5.17 Å². The van der Waals surface area contributed by atoms with E-state index >= 15 is 0 Å². The van der Waals surface area contributed by atoms with Gasteiger partial charge in [-0.05, 0) is 86.6 Å². The average Bonchev–Trinajstić information content (AvgIpc) is 2.83. The van der Waals surface area contributed by atoms with Gasteiger partial charge in [-0.3, -0.25) is 0 Å². The number of phenolic OH excluding ortho intramolecular Hbond substituents is 2. The Morgan fingerprint density at radius 1 is 0.914 bits per heavy atom. The molecule has 5 heteroatoms. The minimum atomic E-state index is 0.185. The van der Waals surface area contributed by atoms with Crippen LogP contribution in [0.4, 0.5) is 5.69 Å². The summed E-state index contributed by atoms with van der Waals surface area (Å²) in [6.45, 7) is 7.81.